The van der Waals surface area contributed by atoms with E-state index in [0.717, 1.165) is 0 Å². The van der Waals surface area contributed by atoms with Gasteiger partial charge in [0.05, 0.1) is 39.5 Å². The Morgan fingerprint density at radius 1 is 0.625 bits per heavy atom. The molecule has 1 heterocycles. The lowest BCUT2D eigenvalue weighted by molar-refractivity contribution is -0.150. The minimum atomic E-state index is -1.85. The molecule has 0 saturated carbocycles. The number of nitrogens with one attached hydrogen (secondary N) is 10. The Labute approximate surface area is 412 Å². The molecule has 0 aliphatic carbocycles. The van der Waals surface area contributed by atoms with Crippen LogP contribution in [-0.2, 0) is 57.5 Å². The maximum atomic E-state index is 13.5. The van der Waals surface area contributed by atoms with Crippen LogP contribution in [0.15, 0.2) is 0 Å². The van der Waals surface area contributed by atoms with Gasteiger partial charge in [-0.3, -0.25) is 67.9 Å². The Bertz CT molecular complexity index is 1820. The molecular weight excluding hydrogens is 965 g/mol. The fourth-order valence-corrected chi connectivity index (χ4v) is 6.50. The number of aliphatic hydroxyl groups excluding tert-OH is 4. The number of rotatable bonds is 32. The standard InChI is InChI=1S/C40H70N14O18/c41-11-3-1-7-24(48-33(63)23(42)17-55)34(64)44-15-31(61)47-26(9-5-13-53(71)21-59)38(68)52-30(20-58)40(70)51-29(19-57)36(66)45-16-32(62)46-25-8-2-4-12-43-35(65)28(18-56)50-39(69)27(49-37(25)67)10-6-14-54(72)22-60/h21-30,55-58,71-72H,1-20,41-42H2,(H,43,65)(H,44,64)(H,45,66)(H,46,62)(H,47,61)(H,48,63)(H,49,67)(H,50,69)(H,51,70)(H,52,68)/t23-,24+,25+,26+,27-,28+,29-,30+/m1/s1. The predicted molar refractivity (Wildman–Crippen MR) is 243 cm³/mol. The SMILES string of the molecule is NCCCC[C@H](NC(=O)[C@H](N)CO)C(=O)NCC(=O)N[C@@H](CCCN(O)C=O)C(=O)N[C@@H](CO)C(=O)N[C@H](CO)C(=O)NCC(=O)N[C@H]1CCCCNC(=O)[C@H](CO)NC(=O)[C@@H](CCCN(O)C=O)NC1=O. The Morgan fingerprint density at radius 2 is 1.15 bits per heavy atom. The smallest absolute Gasteiger partial charge is 0.245 e. The highest BCUT2D eigenvalue weighted by Gasteiger charge is 2.33. The van der Waals surface area contributed by atoms with Crippen LogP contribution in [-0.4, -0.2) is 227 Å². The Hall–Kier alpha value is -6.68. The molecule has 0 unspecified atom stereocenters. The number of unbranched alkanes of at least 4 members (excludes halogenated alkanes) is 1. The fraction of sp³-hybridized carbons (Fsp3) is 0.700. The van der Waals surface area contributed by atoms with Crippen LogP contribution < -0.4 is 64.6 Å². The molecule has 0 spiro atoms. The van der Waals surface area contributed by atoms with Gasteiger partial charge in [0.2, 0.25) is 71.9 Å². The monoisotopic (exact) mass is 1030 g/mol. The number of hydrogen-bond donors (Lipinski definition) is 18. The van der Waals surface area contributed by atoms with Crippen LogP contribution in [0.1, 0.15) is 64.2 Å². The van der Waals surface area contributed by atoms with Gasteiger partial charge in [-0.15, -0.1) is 0 Å². The molecule has 1 saturated heterocycles. The van der Waals surface area contributed by atoms with Gasteiger partial charge in [0, 0.05) is 19.6 Å². The van der Waals surface area contributed by atoms with Gasteiger partial charge in [0.1, 0.15) is 48.3 Å². The first kappa shape index (κ1) is 63.3. The molecule has 1 aliphatic heterocycles. The van der Waals surface area contributed by atoms with Crippen molar-refractivity contribution in [2.45, 2.75) is 113 Å². The summed E-state index contributed by atoms with van der Waals surface area (Å²) in [6, 6.07) is -11.8. The van der Waals surface area contributed by atoms with Gasteiger partial charge in [-0.2, -0.15) is 0 Å². The third-order valence-electron chi connectivity index (χ3n) is 10.6. The number of amides is 12. The lowest BCUT2D eigenvalue weighted by Crippen LogP contribution is -2.59. The van der Waals surface area contributed by atoms with Crippen molar-refractivity contribution in [3.05, 3.63) is 0 Å². The maximum absolute atomic E-state index is 13.5. The van der Waals surface area contributed by atoms with Crippen molar-refractivity contribution in [1.29, 1.82) is 0 Å². The van der Waals surface area contributed by atoms with Crippen molar-refractivity contribution in [2.75, 3.05) is 65.7 Å². The van der Waals surface area contributed by atoms with Gasteiger partial charge >= 0.3 is 0 Å². The van der Waals surface area contributed by atoms with Crippen molar-refractivity contribution in [2.24, 2.45) is 11.5 Å². The second-order valence-corrected chi connectivity index (χ2v) is 16.2. The van der Waals surface area contributed by atoms with Gasteiger partial charge in [0.25, 0.3) is 0 Å². The summed E-state index contributed by atoms with van der Waals surface area (Å²) in [4.78, 5) is 152. The molecule has 1 aliphatic rings. The predicted octanol–water partition coefficient (Wildman–Crippen LogP) is -10.4. The summed E-state index contributed by atoms with van der Waals surface area (Å²) in [5.74, 6) is -9.62. The number of nitrogens with two attached hydrogens (primary N) is 2. The van der Waals surface area contributed by atoms with Gasteiger partial charge in [-0.05, 0) is 70.8 Å². The average molecular weight is 1040 g/mol. The van der Waals surface area contributed by atoms with Crippen LogP contribution in [0.4, 0.5) is 0 Å². The molecule has 32 heteroatoms. The minimum Gasteiger partial charge on any atom is -0.394 e. The van der Waals surface area contributed by atoms with Gasteiger partial charge in [0.15, 0.2) is 0 Å². The number of hydrogen-bond acceptors (Lipinski definition) is 20. The van der Waals surface area contributed by atoms with E-state index < -0.39 is 147 Å². The zero-order chi connectivity index (χ0) is 54.2. The van der Waals surface area contributed by atoms with E-state index in [1.165, 1.54) is 0 Å². The number of aliphatic hydroxyl groups is 4. The van der Waals surface area contributed by atoms with E-state index in [1.807, 2.05) is 0 Å². The van der Waals surface area contributed by atoms with E-state index >= 15 is 0 Å². The quantitative estimate of drug-likeness (QED) is 0.0129. The summed E-state index contributed by atoms with van der Waals surface area (Å²) in [6.45, 7) is -5.52. The van der Waals surface area contributed by atoms with Gasteiger partial charge < -0.3 is 85.1 Å². The molecular formula is C40H70N14O18. The molecule has 1 fully saturated rings. The molecule has 408 valence electrons. The second kappa shape index (κ2) is 35.4. The largest absolute Gasteiger partial charge is 0.394 e. The Kier molecular flexibility index (Phi) is 31.2. The molecule has 20 N–H and O–H groups in total. The van der Waals surface area contributed by atoms with Crippen molar-refractivity contribution >= 4 is 71.9 Å². The third kappa shape index (κ3) is 24.4. The molecule has 32 nitrogen and oxygen atoms in total. The topological polar surface area (TPSA) is 505 Å². The van der Waals surface area contributed by atoms with E-state index in [9.17, 15) is 88.4 Å². The molecule has 1 rings (SSSR count). The average Bonchev–Trinajstić information content (AvgIpc) is 3.37. The van der Waals surface area contributed by atoms with Crippen LogP contribution in [0, 0.1) is 0 Å². The Balaban J connectivity index is 3.05. The summed E-state index contributed by atoms with van der Waals surface area (Å²) in [7, 11) is 0. The second-order valence-electron chi connectivity index (χ2n) is 16.2. The van der Waals surface area contributed by atoms with E-state index in [0.29, 0.717) is 17.9 Å². The first-order valence-electron chi connectivity index (χ1n) is 22.9. The first-order valence-corrected chi connectivity index (χ1v) is 22.9. The molecule has 72 heavy (non-hydrogen) atoms. The minimum absolute atomic E-state index is 0.0252. The molecule has 0 radical (unpaired) electrons. The van der Waals surface area contributed by atoms with E-state index in [-0.39, 0.29) is 95.4 Å². The van der Waals surface area contributed by atoms with Crippen molar-refractivity contribution < 1.29 is 88.4 Å². The third-order valence-corrected chi connectivity index (χ3v) is 10.6. The molecule has 0 aromatic heterocycles. The highest BCUT2D eigenvalue weighted by atomic mass is 16.5. The van der Waals surface area contributed by atoms with Crippen molar-refractivity contribution in [3.63, 3.8) is 0 Å². The molecule has 0 aromatic carbocycles. The van der Waals surface area contributed by atoms with Crippen molar-refractivity contribution in [1.82, 2.24) is 63.3 Å². The normalized spacial score (nSPS) is 18.3. The number of carbonyl (C=O) groups excluding carboxylic acids is 12. The first-order chi connectivity index (χ1) is 34.3. The fourth-order valence-electron chi connectivity index (χ4n) is 6.50. The van der Waals surface area contributed by atoms with E-state index in [1.54, 1.807) is 0 Å². The molecule has 0 aromatic rings. The van der Waals surface area contributed by atoms with E-state index in [4.69, 9.17) is 11.5 Å². The molecule has 0 bridgehead atoms. The lowest BCUT2D eigenvalue weighted by Gasteiger charge is -2.25. The van der Waals surface area contributed by atoms with Crippen LogP contribution in [0.3, 0.4) is 0 Å². The summed E-state index contributed by atoms with van der Waals surface area (Å²) in [6.07, 6.45) is 0.968. The summed E-state index contributed by atoms with van der Waals surface area (Å²) < 4.78 is 0. The van der Waals surface area contributed by atoms with Crippen LogP contribution in [0.25, 0.3) is 0 Å². The summed E-state index contributed by atoms with van der Waals surface area (Å²) in [5, 5.41) is 81.5. The van der Waals surface area contributed by atoms with Gasteiger partial charge in [-0.1, -0.05) is 0 Å². The highest BCUT2D eigenvalue weighted by Crippen LogP contribution is 2.08. The van der Waals surface area contributed by atoms with E-state index in [2.05, 4.69) is 53.2 Å². The number of nitrogens with zero attached hydrogens (tertiary/aromatic N) is 2. The number of hydroxylamine groups is 4. The molecule has 12 amide bonds. The lowest BCUT2D eigenvalue weighted by atomic mass is 10.1. The zero-order valence-corrected chi connectivity index (χ0v) is 39.5. The van der Waals surface area contributed by atoms with Crippen molar-refractivity contribution in [3.8, 4) is 0 Å². The van der Waals surface area contributed by atoms with Gasteiger partial charge in [-0.25, -0.2) is 10.1 Å². The Morgan fingerprint density at radius 3 is 1.74 bits per heavy atom. The maximum Gasteiger partial charge on any atom is 0.245 e. The summed E-state index contributed by atoms with van der Waals surface area (Å²) >= 11 is 0. The van der Waals surface area contributed by atoms with Crippen LogP contribution in [0.5, 0.6) is 0 Å². The van der Waals surface area contributed by atoms with Crippen LogP contribution in [0.2, 0.25) is 0 Å². The summed E-state index contributed by atoms with van der Waals surface area (Å²) in [5.41, 5.74) is 11.0. The highest BCUT2D eigenvalue weighted by molar-refractivity contribution is 5.97. The number of carbonyl (C=O) groups is 12. The van der Waals surface area contributed by atoms with Crippen LogP contribution >= 0.6 is 0 Å². The molecule has 8 atom stereocenters. The zero-order valence-electron chi connectivity index (χ0n) is 39.5.